The van der Waals surface area contributed by atoms with Crippen molar-refractivity contribution in [1.82, 2.24) is 15.5 Å². The Bertz CT molecular complexity index is 1140. The minimum Gasteiger partial charge on any atom is -0.489 e. The van der Waals surface area contributed by atoms with E-state index in [4.69, 9.17) is 9.15 Å². The van der Waals surface area contributed by atoms with Gasteiger partial charge in [0, 0.05) is 31.2 Å². The molecule has 1 aromatic heterocycles. The molecule has 190 valence electrons. The van der Waals surface area contributed by atoms with Crippen LogP contribution in [0.15, 0.2) is 69.6 Å². The number of rotatable bonds is 8. The molecule has 2 aliphatic rings. The van der Waals surface area contributed by atoms with Crippen LogP contribution in [-0.4, -0.2) is 49.1 Å². The van der Waals surface area contributed by atoms with Gasteiger partial charge in [-0.1, -0.05) is 36.4 Å². The van der Waals surface area contributed by atoms with Crippen molar-refractivity contribution in [2.45, 2.75) is 50.8 Å². The van der Waals surface area contributed by atoms with Crippen molar-refractivity contribution < 1.29 is 13.9 Å². The van der Waals surface area contributed by atoms with Crippen molar-refractivity contribution in [3.8, 4) is 17.1 Å². The average Bonchev–Trinajstić information content (AvgIpc) is 3.36. The Morgan fingerprint density at radius 2 is 1.81 bits per heavy atom. The highest BCUT2D eigenvalue weighted by atomic mass is 79.9. The molecule has 1 amide bonds. The molecular formula is C29H34BrN3O3. The summed E-state index contributed by atoms with van der Waals surface area (Å²) in [5.74, 6) is 2.45. The van der Waals surface area contributed by atoms with E-state index in [0.29, 0.717) is 11.9 Å². The number of furan rings is 1. The summed E-state index contributed by atoms with van der Waals surface area (Å²) in [6.07, 6.45) is 4.58. The number of nitrogens with zero attached hydrogens (tertiary/aromatic N) is 1. The molecule has 5 rings (SSSR count). The minimum absolute atomic E-state index is 0.0238. The van der Waals surface area contributed by atoms with E-state index in [9.17, 15) is 4.79 Å². The molecule has 2 aliphatic heterocycles. The van der Waals surface area contributed by atoms with E-state index < -0.39 is 0 Å². The van der Waals surface area contributed by atoms with Crippen LogP contribution in [0.1, 0.15) is 37.0 Å². The first-order chi connectivity index (χ1) is 17.6. The fourth-order valence-electron chi connectivity index (χ4n) is 4.99. The van der Waals surface area contributed by atoms with Crippen LogP contribution in [-0.2, 0) is 17.8 Å². The van der Waals surface area contributed by atoms with Gasteiger partial charge in [0.05, 0.1) is 10.9 Å². The number of halogens is 1. The van der Waals surface area contributed by atoms with Crippen molar-refractivity contribution >= 4 is 21.8 Å². The van der Waals surface area contributed by atoms with Crippen molar-refractivity contribution in [3.63, 3.8) is 0 Å². The minimum atomic E-state index is 0.0238. The lowest BCUT2D eigenvalue weighted by molar-refractivity contribution is -0.121. The SMILES string of the molecule is O=C(Cc1ccc(-c2ccccc2)o1)NC1CCN(Cc2ccc(OC3CCNCC3)c(Br)c2)CC1. The summed E-state index contributed by atoms with van der Waals surface area (Å²) in [6, 6.07) is 20.4. The number of carbonyl (C=O) groups is 1. The van der Waals surface area contributed by atoms with Gasteiger partial charge in [-0.05, 0) is 84.5 Å². The summed E-state index contributed by atoms with van der Waals surface area (Å²) < 4.78 is 13.1. The third-order valence-corrected chi connectivity index (χ3v) is 7.61. The van der Waals surface area contributed by atoms with Gasteiger partial charge in [-0.2, -0.15) is 0 Å². The maximum Gasteiger partial charge on any atom is 0.227 e. The van der Waals surface area contributed by atoms with Crippen molar-refractivity contribution in [3.05, 3.63) is 76.5 Å². The molecule has 6 nitrogen and oxygen atoms in total. The number of hydrogen-bond donors (Lipinski definition) is 2. The quantitative estimate of drug-likeness (QED) is 0.404. The maximum atomic E-state index is 12.6. The van der Waals surface area contributed by atoms with Crippen LogP contribution >= 0.6 is 15.9 Å². The van der Waals surface area contributed by atoms with Crippen LogP contribution in [0.5, 0.6) is 5.75 Å². The van der Waals surface area contributed by atoms with Crippen LogP contribution < -0.4 is 15.4 Å². The van der Waals surface area contributed by atoms with Gasteiger partial charge in [0.15, 0.2) is 0 Å². The Balaban J connectivity index is 1.05. The van der Waals surface area contributed by atoms with Gasteiger partial charge < -0.3 is 19.8 Å². The zero-order valence-electron chi connectivity index (χ0n) is 20.5. The number of likely N-dealkylation sites (tertiary alicyclic amines) is 1. The molecule has 2 saturated heterocycles. The second-order valence-electron chi connectivity index (χ2n) is 9.76. The van der Waals surface area contributed by atoms with Gasteiger partial charge >= 0.3 is 0 Å². The number of nitrogens with one attached hydrogen (secondary N) is 2. The van der Waals surface area contributed by atoms with Gasteiger partial charge in [0.1, 0.15) is 23.4 Å². The standard InChI is InChI=1S/C29H34BrN3O3/c30-26-18-21(6-8-28(26)35-24-10-14-31-15-11-24)20-33-16-12-23(13-17-33)32-29(34)19-25-7-9-27(36-25)22-4-2-1-3-5-22/h1-9,18,23-24,31H,10-17,19-20H2,(H,32,34). The average molecular weight is 553 g/mol. The second kappa shape index (κ2) is 12.1. The molecular weight excluding hydrogens is 518 g/mol. The molecule has 0 spiro atoms. The normalized spacial score (nSPS) is 17.7. The lowest BCUT2D eigenvalue weighted by atomic mass is 10.0. The first-order valence-electron chi connectivity index (χ1n) is 12.9. The largest absolute Gasteiger partial charge is 0.489 e. The summed E-state index contributed by atoms with van der Waals surface area (Å²) in [7, 11) is 0. The first kappa shape index (κ1) is 25.1. The fourth-order valence-corrected chi connectivity index (χ4v) is 5.51. The monoisotopic (exact) mass is 551 g/mol. The van der Waals surface area contributed by atoms with E-state index in [1.54, 1.807) is 0 Å². The van der Waals surface area contributed by atoms with E-state index in [-0.39, 0.29) is 18.4 Å². The molecule has 3 heterocycles. The molecule has 36 heavy (non-hydrogen) atoms. The Labute approximate surface area is 221 Å². The summed E-state index contributed by atoms with van der Waals surface area (Å²) >= 11 is 3.70. The maximum absolute atomic E-state index is 12.6. The first-order valence-corrected chi connectivity index (χ1v) is 13.7. The lowest BCUT2D eigenvalue weighted by Crippen LogP contribution is -2.44. The summed E-state index contributed by atoms with van der Waals surface area (Å²) in [4.78, 5) is 15.1. The number of carbonyl (C=O) groups excluding carboxylic acids is 1. The zero-order valence-corrected chi connectivity index (χ0v) is 22.1. The number of amides is 1. The van der Waals surface area contributed by atoms with E-state index in [2.05, 4.69) is 49.7 Å². The van der Waals surface area contributed by atoms with E-state index >= 15 is 0 Å². The molecule has 7 heteroatoms. The molecule has 3 aromatic rings. The molecule has 0 atom stereocenters. The molecule has 0 aliphatic carbocycles. The molecule has 0 unspecified atom stereocenters. The van der Waals surface area contributed by atoms with Crippen LogP contribution in [0.3, 0.4) is 0 Å². The van der Waals surface area contributed by atoms with Crippen molar-refractivity contribution in [1.29, 1.82) is 0 Å². The number of ether oxygens (including phenoxy) is 1. The summed E-state index contributed by atoms with van der Waals surface area (Å²) in [5, 5.41) is 6.58. The van der Waals surface area contributed by atoms with E-state index in [0.717, 1.165) is 80.0 Å². The third-order valence-electron chi connectivity index (χ3n) is 6.99. The van der Waals surface area contributed by atoms with Gasteiger partial charge in [-0.15, -0.1) is 0 Å². The third kappa shape index (κ3) is 6.78. The number of benzene rings is 2. The molecule has 0 saturated carbocycles. The van der Waals surface area contributed by atoms with E-state index in [1.165, 1.54) is 5.56 Å². The number of piperidine rings is 2. The molecule has 0 radical (unpaired) electrons. The second-order valence-corrected chi connectivity index (χ2v) is 10.6. The fraction of sp³-hybridized carbons (Fsp3) is 0.414. The van der Waals surface area contributed by atoms with Gasteiger partial charge in [-0.25, -0.2) is 0 Å². The predicted molar refractivity (Wildman–Crippen MR) is 145 cm³/mol. The van der Waals surface area contributed by atoms with Crippen LogP contribution in [0.4, 0.5) is 0 Å². The highest BCUT2D eigenvalue weighted by Gasteiger charge is 2.22. The molecule has 0 bridgehead atoms. The zero-order chi connectivity index (χ0) is 24.7. The van der Waals surface area contributed by atoms with Gasteiger partial charge in [0.25, 0.3) is 0 Å². The highest BCUT2D eigenvalue weighted by Crippen LogP contribution is 2.29. The van der Waals surface area contributed by atoms with Gasteiger partial charge in [0.2, 0.25) is 5.91 Å². The highest BCUT2D eigenvalue weighted by molar-refractivity contribution is 9.10. The van der Waals surface area contributed by atoms with Crippen LogP contribution in [0.2, 0.25) is 0 Å². The Morgan fingerprint density at radius 1 is 1.03 bits per heavy atom. The van der Waals surface area contributed by atoms with E-state index in [1.807, 2.05) is 42.5 Å². The smallest absolute Gasteiger partial charge is 0.227 e. The number of hydrogen-bond acceptors (Lipinski definition) is 5. The Morgan fingerprint density at radius 3 is 2.56 bits per heavy atom. The molecule has 2 fully saturated rings. The lowest BCUT2D eigenvalue weighted by Gasteiger charge is -2.32. The summed E-state index contributed by atoms with van der Waals surface area (Å²) in [6.45, 7) is 4.88. The van der Waals surface area contributed by atoms with Crippen molar-refractivity contribution in [2.75, 3.05) is 26.2 Å². The van der Waals surface area contributed by atoms with Crippen molar-refractivity contribution in [2.24, 2.45) is 0 Å². The molecule has 2 N–H and O–H groups in total. The van der Waals surface area contributed by atoms with Crippen LogP contribution in [0.25, 0.3) is 11.3 Å². The van der Waals surface area contributed by atoms with Gasteiger partial charge in [-0.3, -0.25) is 9.69 Å². The predicted octanol–water partition coefficient (Wildman–Crippen LogP) is 5.16. The molecule has 2 aromatic carbocycles. The Hall–Kier alpha value is -2.61. The summed E-state index contributed by atoms with van der Waals surface area (Å²) in [5.41, 5.74) is 2.29. The Kier molecular flexibility index (Phi) is 8.41. The van der Waals surface area contributed by atoms with Crippen LogP contribution in [0, 0.1) is 0 Å². The topological polar surface area (TPSA) is 66.7 Å².